The lowest BCUT2D eigenvalue weighted by Crippen LogP contribution is -2.13. The highest BCUT2D eigenvalue weighted by molar-refractivity contribution is 7.90. The van der Waals surface area contributed by atoms with Gasteiger partial charge in [-0.15, -0.1) is 0 Å². The van der Waals surface area contributed by atoms with Gasteiger partial charge in [-0.3, -0.25) is 4.79 Å². The van der Waals surface area contributed by atoms with Crippen molar-refractivity contribution < 1.29 is 17.9 Å². The highest BCUT2D eigenvalue weighted by Gasteiger charge is 2.23. The number of aromatic nitrogens is 2. The summed E-state index contributed by atoms with van der Waals surface area (Å²) in [6.45, 7) is 0. The van der Waals surface area contributed by atoms with Crippen molar-refractivity contribution in [1.82, 2.24) is 8.96 Å². The summed E-state index contributed by atoms with van der Waals surface area (Å²) < 4.78 is 31.7. The summed E-state index contributed by atoms with van der Waals surface area (Å²) in [5.41, 5.74) is 1.13. The van der Waals surface area contributed by atoms with Crippen molar-refractivity contribution in [3.05, 3.63) is 53.3 Å². The number of imidazole rings is 1. The molecule has 0 atom stereocenters. The predicted molar refractivity (Wildman–Crippen MR) is 85.7 cm³/mol. The molecule has 0 amide bonds. The third kappa shape index (κ3) is 2.58. The van der Waals surface area contributed by atoms with Crippen LogP contribution in [0, 0.1) is 0 Å². The van der Waals surface area contributed by atoms with Crippen LogP contribution in [0.5, 0.6) is 5.75 Å². The Kier molecular flexibility index (Phi) is 3.83. The molecule has 0 aliphatic carbocycles. The average Bonchev–Trinajstić information content (AvgIpc) is 2.90. The van der Waals surface area contributed by atoms with Crippen LogP contribution in [0.2, 0.25) is 5.28 Å². The van der Waals surface area contributed by atoms with Crippen LogP contribution >= 0.6 is 11.6 Å². The average molecular weight is 351 g/mol. The number of benzene rings is 2. The molecule has 0 saturated carbocycles. The van der Waals surface area contributed by atoms with E-state index in [0.717, 1.165) is 3.97 Å². The number of nitrogens with zero attached hydrogens (tertiary/aromatic N) is 2. The first-order valence-electron chi connectivity index (χ1n) is 6.50. The van der Waals surface area contributed by atoms with Gasteiger partial charge >= 0.3 is 0 Å². The Morgan fingerprint density at radius 1 is 1.17 bits per heavy atom. The van der Waals surface area contributed by atoms with Gasteiger partial charge in [0.25, 0.3) is 10.0 Å². The largest absolute Gasteiger partial charge is 0.497 e. The second kappa shape index (κ2) is 5.68. The molecule has 0 fully saturated rings. The molecule has 2 aromatic carbocycles. The minimum Gasteiger partial charge on any atom is -0.497 e. The van der Waals surface area contributed by atoms with Crippen molar-refractivity contribution in [2.24, 2.45) is 0 Å². The molecule has 0 aliphatic rings. The molecule has 23 heavy (non-hydrogen) atoms. The SMILES string of the molecule is COc1ccc2c(c1)nc(Cl)n2S(=O)(=O)c1ccc(C=O)cc1. The van der Waals surface area contributed by atoms with E-state index in [1.54, 1.807) is 18.2 Å². The number of hydrogen-bond donors (Lipinski definition) is 0. The fraction of sp³-hybridized carbons (Fsp3) is 0.0667. The second-order valence-corrected chi connectivity index (χ2v) is 6.82. The molecule has 118 valence electrons. The second-order valence-electron chi connectivity index (χ2n) is 4.69. The van der Waals surface area contributed by atoms with Gasteiger partial charge in [-0.25, -0.2) is 17.4 Å². The molecule has 0 saturated heterocycles. The van der Waals surface area contributed by atoms with Crippen LogP contribution in [0.4, 0.5) is 0 Å². The van der Waals surface area contributed by atoms with Gasteiger partial charge in [-0.1, -0.05) is 12.1 Å². The zero-order chi connectivity index (χ0) is 16.6. The maximum absolute atomic E-state index is 12.8. The zero-order valence-corrected chi connectivity index (χ0v) is 13.5. The van der Waals surface area contributed by atoms with Crippen molar-refractivity contribution in [1.29, 1.82) is 0 Å². The molecule has 3 rings (SSSR count). The molecule has 0 spiro atoms. The smallest absolute Gasteiger partial charge is 0.270 e. The molecular formula is C15H11ClN2O4S. The third-order valence-corrected chi connectivity index (χ3v) is 5.41. The molecule has 1 aromatic heterocycles. The van der Waals surface area contributed by atoms with Crippen LogP contribution in [-0.4, -0.2) is 30.8 Å². The van der Waals surface area contributed by atoms with Crippen molar-refractivity contribution in [2.75, 3.05) is 7.11 Å². The molecule has 6 nitrogen and oxygen atoms in total. The Morgan fingerprint density at radius 2 is 1.87 bits per heavy atom. The minimum absolute atomic E-state index is 0.0140. The summed E-state index contributed by atoms with van der Waals surface area (Å²) in [6.07, 6.45) is 0.641. The number of carbonyl (C=O) groups excluding carboxylic acids is 1. The van der Waals surface area contributed by atoms with Crippen molar-refractivity contribution in [3.8, 4) is 5.75 Å². The van der Waals surface area contributed by atoms with Gasteiger partial charge in [0.2, 0.25) is 5.28 Å². The number of methoxy groups -OCH3 is 1. The number of rotatable bonds is 4. The van der Waals surface area contributed by atoms with Crippen molar-refractivity contribution >= 4 is 38.9 Å². The Balaban J connectivity index is 2.21. The van der Waals surface area contributed by atoms with E-state index in [1.807, 2.05) is 0 Å². The van der Waals surface area contributed by atoms with Crippen LogP contribution in [0.25, 0.3) is 11.0 Å². The van der Waals surface area contributed by atoms with E-state index in [4.69, 9.17) is 16.3 Å². The Bertz CT molecular complexity index is 994. The molecule has 8 heteroatoms. The lowest BCUT2D eigenvalue weighted by atomic mass is 10.2. The quantitative estimate of drug-likeness (QED) is 0.676. The number of ether oxygens (including phenoxy) is 1. The number of halogens is 1. The first-order valence-corrected chi connectivity index (χ1v) is 8.32. The van der Waals surface area contributed by atoms with E-state index in [1.165, 1.54) is 31.4 Å². The fourth-order valence-corrected chi connectivity index (χ4v) is 3.99. The maximum Gasteiger partial charge on any atom is 0.270 e. The van der Waals surface area contributed by atoms with Gasteiger partial charge in [0, 0.05) is 11.6 Å². The minimum atomic E-state index is -3.93. The summed E-state index contributed by atoms with van der Waals surface area (Å²) in [4.78, 5) is 14.8. The fourth-order valence-electron chi connectivity index (χ4n) is 2.19. The van der Waals surface area contributed by atoms with Gasteiger partial charge < -0.3 is 4.74 Å². The van der Waals surface area contributed by atoms with Gasteiger partial charge in [-0.2, -0.15) is 0 Å². The summed E-state index contributed by atoms with van der Waals surface area (Å²) >= 11 is 6.03. The van der Waals surface area contributed by atoms with Crippen LogP contribution in [-0.2, 0) is 10.0 Å². The molecule has 0 unspecified atom stereocenters. The molecule has 0 N–H and O–H groups in total. The van der Waals surface area contributed by atoms with Crippen molar-refractivity contribution in [2.45, 2.75) is 4.90 Å². The summed E-state index contributed by atoms with van der Waals surface area (Å²) in [7, 11) is -2.43. The van der Waals surface area contributed by atoms with E-state index in [0.29, 0.717) is 28.6 Å². The van der Waals surface area contributed by atoms with Gasteiger partial charge in [0.05, 0.1) is 23.0 Å². The van der Waals surface area contributed by atoms with Crippen molar-refractivity contribution in [3.63, 3.8) is 0 Å². The van der Waals surface area contributed by atoms with E-state index in [2.05, 4.69) is 4.98 Å². The van der Waals surface area contributed by atoms with Gasteiger partial charge in [-0.05, 0) is 35.9 Å². The third-order valence-electron chi connectivity index (χ3n) is 3.34. The number of aldehydes is 1. The summed E-state index contributed by atoms with van der Waals surface area (Å²) in [5.74, 6) is 0.548. The summed E-state index contributed by atoms with van der Waals surface area (Å²) in [5, 5.41) is -0.173. The van der Waals surface area contributed by atoms with Gasteiger partial charge in [0.1, 0.15) is 12.0 Å². The van der Waals surface area contributed by atoms with E-state index < -0.39 is 10.0 Å². The lowest BCUT2D eigenvalue weighted by Gasteiger charge is -2.08. The number of fused-ring (bicyclic) bond motifs is 1. The molecular weight excluding hydrogens is 340 g/mol. The van der Waals surface area contributed by atoms with E-state index >= 15 is 0 Å². The number of carbonyl (C=O) groups is 1. The van der Waals surface area contributed by atoms with Crippen LogP contribution in [0.15, 0.2) is 47.4 Å². The number of hydrogen-bond acceptors (Lipinski definition) is 5. The summed E-state index contributed by atoms with van der Waals surface area (Å²) in [6, 6.07) is 10.4. The first-order chi connectivity index (χ1) is 11.0. The van der Waals surface area contributed by atoms with Crippen LogP contribution in [0.1, 0.15) is 10.4 Å². The monoisotopic (exact) mass is 350 g/mol. The Labute approximate surface area is 137 Å². The highest BCUT2D eigenvalue weighted by Crippen LogP contribution is 2.28. The molecule has 0 bridgehead atoms. The van der Waals surface area contributed by atoms with E-state index in [9.17, 15) is 13.2 Å². The van der Waals surface area contributed by atoms with E-state index in [-0.39, 0.29) is 10.2 Å². The molecule has 0 aliphatic heterocycles. The molecule has 1 heterocycles. The molecule has 3 aromatic rings. The van der Waals surface area contributed by atoms with Crippen LogP contribution < -0.4 is 4.74 Å². The lowest BCUT2D eigenvalue weighted by molar-refractivity contribution is 0.112. The highest BCUT2D eigenvalue weighted by atomic mass is 35.5. The maximum atomic E-state index is 12.8. The Morgan fingerprint density at radius 3 is 2.48 bits per heavy atom. The normalized spacial score (nSPS) is 11.6. The molecule has 0 radical (unpaired) electrons. The van der Waals surface area contributed by atoms with Crippen LogP contribution in [0.3, 0.4) is 0 Å². The standard InChI is InChI=1S/C15H11ClN2O4S/c1-22-11-4-7-14-13(8-11)17-15(16)18(14)23(20,21)12-5-2-10(9-19)3-6-12/h2-9H,1H3. The topological polar surface area (TPSA) is 78.3 Å². The van der Waals surface area contributed by atoms with Gasteiger partial charge in [0.15, 0.2) is 0 Å². The Hall–Kier alpha value is -2.38. The predicted octanol–water partition coefficient (Wildman–Crippen LogP) is 2.75. The first kappa shape index (κ1) is 15.5. The zero-order valence-electron chi connectivity index (χ0n) is 11.9.